The van der Waals surface area contributed by atoms with Crippen LogP contribution in [0.1, 0.15) is 30.9 Å². The van der Waals surface area contributed by atoms with E-state index in [4.69, 9.17) is 0 Å². The normalized spacial score (nSPS) is 16.4. The Bertz CT molecular complexity index is 1190. The average Bonchev–Trinajstić information content (AvgIpc) is 2.85. The summed E-state index contributed by atoms with van der Waals surface area (Å²) in [6.45, 7) is 1.39. The number of carbonyl (C=O) groups excluding carboxylic acids is 1. The Morgan fingerprint density at radius 3 is 2.28 bits per heavy atom. The highest BCUT2D eigenvalue weighted by molar-refractivity contribution is 5.92. The Labute approximate surface area is 206 Å². The summed E-state index contributed by atoms with van der Waals surface area (Å²) < 4.78 is 54.9. The van der Waals surface area contributed by atoms with Crippen LogP contribution in [0.4, 0.5) is 29.1 Å². The summed E-state index contributed by atoms with van der Waals surface area (Å²) in [5, 5.41) is 12.0. The Hall–Kier alpha value is -3.53. The zero-order chi connectivity index (χ0) is 25.9. The van der Waals surface area contributed by atoms with E-state index >= 15 is 0 Å². The molecular weight excluding hydrogens is 476 g/mol. The van der Waals surface area contributed by atoms with Gasteiger partial charge in [-0.15, -0.1) is 0 Å². The minimum atomic E-state index is -3.37. The van der Waals surface area contributed by atoms with Gasteiger partial charge in [0, 0.05) is 55.1 Å². The van der Waals surface area contributed by atoms with Gasteiger partial charge in [0.15, 0.2) is 5.82 Å². The maximum atomic E-state index is 13.9. The number of carbonyl (C=O) groups is 1. The fourth-order valence-corrected chi connectivity index (χ4v) is 4.00. The largest absolute Gasteiger partial charge is 0.387 e. The molecule has 1 unspecified atom stereocenters. The van der Waals surface area contributed by atoms with Crippen LogP contribution in [-0.2, 0) is 17.1 Å². The molecule has 0 saturated carbocycles. The number of amides is 1. The molecule has 1 atom stereocenters. The maximum absolute atomic E-state index is 13.9. The van der Waals surface area contributed by atoms with Crippen molar-refractivity contribution in [2.45, 2.75) is 44.1 Å². The number of rotatable bonds is 7. The Morgan fingerprint density at radius 2 is 1.67 bits per heavy atom. The zero-order valence-corrected chi connectivity index (χ0v) is 19.6. The lowest BCUT2D eigenvalue weighted by molar-refractivity contribution is -0.115. The number of aliphatic hydroxyl groups is 1. The quantitative estimate of drug-likeness (QED) is 0.443. The van der Waals surface area contributed by atoms with Crippen molar-refractivity contribution in [1.29, 1.82) is 0 Å². The third-order valence-electron chi connectivity index (χ3n) is 6.14. The summed E-state index contributed by atoms with van der Waals surface area (Å²) in [5.41, 5.74) is 2.05. The van der Waals surface area contributed by atoms with Crippen LogP contribution in [0, 0.1) is 0 Å². The molecule has 0 aliphatic carbocycles. The van der Waals surface area contributed by atoms with Gasteiger partial charge < -0.3 is 15.3 Å². The highest BCUT2D eigenvalue weighted by Gasteiger charge is 2.37. The molecule has 10 heteroatoms. The first kappa shape index (κ1) is 25.6. The standard InChI is InChI=1S/C26H26F4N4O2/c1-17(35)26(29,30)20-6-2-18(3-7-20)16-22(36)33-21-8-4-19(5-9-21)23-24(32-13-12-31-23)34-14-10-25(27,28)11-15-34/h2-9,12-13,17,35H,10-11,14-16H2,1H3,(H,33,36). The molecule has 0 spiro atoms. The monoisotopic (exact) mass is 502 g/mol. The number of halogens is 4. The van der Waals surface area contributed by atoms with Crippen molar-refractivity contribution in [2.75, 3.05) is 23.3 Å². The van der Waals surface area contributed by atoms with Gasteiger partial charge in [-0.3, -0.25) is 9.78 Å². The number of piperidine rings is 1. The number of hydrogen-bond acceptors (Lipinski definition) is 5. The molecule has 1 fully saturated rings. The predicted octanol–water partition coefficient (Wildman–Crippen LogP) is 5.03. The number of benzene rings is 2. The van der Waals surface area contributed by atoms with Crippen molar-refractivity contribution in [3.8, 4) is 11.3 Å². The van der Waals surface area contributed by atoms with Gasteiger partial charge >= 0.3 is 0 Å². The van der Waals surface area contributed by atoms with Crippen LogP contribution in [0.15, 0.2) is 60.9 Å². The van der Waals surface area contributed by atoms with Gasteiger partial charge in [0.1, 0.15) is 11.8 Å². The lowest BCUT2D eigenvalue weighted by Gasteiger charge is -2.33. The van der Waals surface area contributed by atoms with E-state index < -0.39 is 17.9 Å². The molecule has 1 aliphatic heterocycles. The van der Waals surface area contributed by atoms with Gasteiger partial charge in [-0.1, -0.05) is 36.4 Å². The van der Waals surface area contributed by atoms with Crippen LogP contribution in [-0.4, -0.2) is 46.1 Å². The second-order valence-corrected chi connectivity index (χ2v) is 8.87. The van der Waals surface area contributed by atoms with Gasteiger partial charge in [0.25, 0.3) is 11.8 Å². The molecule has 1 aromatic heterocycles. The lowest BCUT2D eigenvalue weighted by Crippen LogP contribution is -2.40. The molecule has 190 valence electrons. The second-order valence-electron chi connectivity index (χ2n) is 8.87. The number of aliphatic hydroxyl groups excluding tert-OH is 1. The molecule has 0 radical (unpaired) electrons. The maximum Gasteiger partial charge on any atom is 0.298 e. The smallest absolute Gasteiger partial charge is 0.298 e. The number of aromatic nitrogens is 2. The number of nitrogens with one attached hydrogen (secondary N) is 1. The molecule has 1 amide bonds. The first-order valence-corrected chi connectivity index (χ1v) is 11.5. The van der Waals surface area contributed by atoms with Crippen LogP contribution < -0.4 is 10.2 Å². The molecule has 6 nitrogen and oxygen atoms in total. The van der Waals surface area contributed by atoms with Crippen molar-refractivity contribution >= 4 is 17.4 Å². The van der Waals surface area contributed by atoms with E-state index in [1.165, 1.54) is 36.7 Å². The summed E-state index contributed by atoms with van der Waals surface area (Å²) in [5.74, 6) is -5.82. The van der Waals surface area contributed by atoms with E-state index in [1.54, 1.807) is 29.2 Å². The fourth-order valence-electron chi connectivity index (χ4n) is 4.00. The molecule has 2 N–H and O–H groups in total. The topological polar surface area (TPSA) is 78.3 Å². The number of nitrogens with zero attached hydrogens (tertiary/aromatic N) is 3. The van der Waals surface area contributed by atoms with Gasteiger partial charge in [-0.2, -0.15) is 8.78 Å². The fraction of sp³-hybridized carbons (Fsp3) is 0.346. The minimum absolute atomic E-state index is 0.0177. The van der Waals surface area contributed by atoms with Crippen LogP contribution in [0.3, 0.4) is 0 Å². The van der Waals surface area contributed by atoms with Crippen molar-refractivity contribution in [3.05, 3.63) is 72.1 Å². The molecule has 3 aromatic rings. The van der Waals surface area contributed by atoms with E-state index in [9.17, 15) is 27.5 Å². The first-order valence-electron chi connectivity index (χ1n) is 11.5. The molecule has 2 heterocycles. The molecule has 2 aromatic carbocycles. The van der Waals surface area contributed by atoms with Crippen molar-refractivity contribution in [3.63, 3.8) is 0 Å². The third kappa shape index (κ3) is 5.81. The lowest BCUT2D eigenvalue weighted by atomic mass is 10.0. The van der Waals surface area contributed by atoms with E-state index in [0.29, 0.717) is 22.8 Å². The molecule has 0 bridgehead atoms. The number of anilines is 2. The zero-order valence-electron chi connectivity index (χ0n) is 19.6. The Kier molecular flexibility index (Phi) is 7.26. The minimum Gasteiger partial charge on any atom is -0.387 e. The van der Waals surface area contributed by atoms with Crippen LogP contribution >= 0.6 is 0 Å². The van der Waals surface area contributed by atoms with Crippen molar-refractivity contribution < 1.29 is 27.5 Å². The summed E-state index contributed by atoms with van der Waals surface area (Å²) in [7, 11) is 0. The van der Waals surface area contributed by atoms with Crippen molar-refractivity contribution in [2.24, 2.45) is 0 Å². The van der Waals surface area contributed by atoms with E-state index in [1.807, 2.05) is 0 Å². The summed E-state index contributed by atoms with van der Waals surface area (Å²) in [6.07, 6.45) is 0.751. The second kappa shape index (κ2) is 10.2. The Morgan fingerprint density at radius 1 is 1.06 bits per heavy atom. The molecule has 36 heavy (non-hydrogen) atoms. The highest BCUT2D eigenvalue weighted by Crippen LogP contribution is 2.34. The third-order valence-corrected chi connectivity index (χ3v) is 6.14. The van der Waals surface area contributed by atoms with Gasteiger partial charge in [-0.05, 0) is 24.6 Å². The SMILES string of the molecule is CC(O)C(F)(F)c1ccc(CC(=O)Nc2ccc(-c3nccnc3N3CCC(F)(F)CC3)cc2)cc1. The number of alkyl halides is 4. The summed E-state index contributed by atoms with van der Waals surface area (Å²) in [6, 6.07) is 12.2. The molecule has 4 rings (SSSR count). The van der Waals surface area contributed by atoms with E-state index in [0.717, 1.165) is 12.5 Å². The van der Waals surface area contributed by atoms with Crippen LogP contribution in [0.5, 0.6) is 0 Å². The molecule has 1 aliphatic rings. The predicted molar refractivity (Wildman–Crippen MR) is 128 cm³/mol. The van der Waals surface area contributed by atoms with Gasteiger partial charge in [-0.25, -0.2) is 13.8 Å². The van der Waals surface area contributed by atoms with Gasteiger partial charge in [0.05, 0.1) is 6.42 Å². The van der Waals surface area contributed by atoms with E-state index in [-0.39, 0.29) is 43.8 Å². The van der Waals surface area contributed by atoms with Crippen LogP contribution in [0.2, 0.25) is 0 Å². The average molecular weight is 503 g/mol. The first-order chi connectivity index (χ1) is 17.0. The summed E-state index contributed by atoms with van der Waals surface area (Å²) in [4.78, 5) is 23.0. The summed E-state index contributed by atoms with van der Waals surface area (Å²) >= 11 is 0. The Balaban J connectivity index is 1.40. The number of hydrogen-bond donors (Lipinski definition) is 2. The van der Waals surface area contributed by atoms with Gasteiger partial charge in [0.2, 0.25) is 5.91 Å². The van der Waals surface area contributed by atoms with E-state index in [2.05, 4.69) is 15.3 Å². The molecule has 1 saturated heterocycles. The van der Waals surface area contributed by atoms with Crippen molar-refractivity contribution in [1.82, 2.24) is 9.97 Å². The highest BCUT2D eigenvalue weighted by atomic mass is 19.3. The molecular formula is C26H26F4N4O2. The van der Waals surface area contributed by atoms with Crippen LogP contribution in [0.25, 0.3) is 11.3 Å².